The summed E-state index contributed by atoms with van der Waals surface area (Å²) in [4.78, 5) is 31.4. The Morgan fingerprint density at radius 2 is 1.94 bits per heavy atom. The Kier molecular flexibility index (Phi) is 5.43. The van der Waals surface area contributed by atoms with Gasteiger partial charge in [-0.25, -0.2) is 23.2 Å². The van der Waals surface area contributed by atoms with E-state index < -0.39 is 18.4 Å². The first-order valence-electron chi connectivity index (χ1n) is 9.87. The van der Waals surface area contributed by atoms with E-state index in [0.29, 0.717) is 17.8 Å². The molecule has 0 fully saturated rings. The minimum Gasteiger partial charge on any atom is -0.467 e. The fraction of sp³-hybridized carbons (Fsp3) is 0.364. The first kappa shape index (κ1) is 20.9. The van der Waals surface area contributed by atoms with Gasteiger partial charge in [0, 0.05) is 24.2 Å². The van der Waals surface area contributed by atoms with Crippen LogP contribution in [0.25, 0.3) is 11.0 Å². The maximum atomic E-state index is 13.5. The van der Waals surface area contributed by atoms with E-state index in [4.69, 9.17) is 4.74 Å². The lowest BCUT2D eigenvalue weighted by molar-refractivity contribution is -0.154. The van der Waals surface area contributed by atoms with Gasteiger partial charge in [-0.3, -0.25) is 4.79 Å². The fourth-order valence-corrected chi connectivity index (χ4v) is 4.15. The summed E-state index contributed by atoms with van der Waals surface area (Å²) in [5.41, 5.74) is 2.80. The van der Waals surface area contributed by atoms with Crippen molar-refractivity contribution in [3.8, 4) is 0 Å². The summed E-state index contributed by atoms with van der Waals surface area (Å²) in [5.74, 6) is -0.866. The number of amides is 1. The Morgan fingerprint density at radius 1 is 1.23 bits per heavy atom. The lowest BCUT2D eigenvalue weighted by Crippen LogP contribution is -2.50. The minimum absolute atomic E-state index is 0.155. The van der Waals surface area contributed by atoms with Gasteiger partial charge in [-0.1, -0.05) is 24.3 Å². The lowest BCUT2D eigenvalue weighted by atomic mass is 9.94. The second-order valence-electron chi connectivity index (χ2n) is 7.63. The molecule has 3 heterocycles. The molecule has 3 aromatic rings. The molecule has 0 saturated heterocycles. The van der Waals surface area contributed by atoms with Crippen LogP contribution in [0.5, 0.6) is 0 Å². The van der Waals surface area contributed by atoms with Gasteiger partial charge >= 0.3 is 5.97 Å². The predicted octanol–water partition coefficient (Wildman–Crippen LogP) is 3.11. The van der Waals surface area contributed by atoms with Gasteiger partial charge in [0.15, 0.2) is 5.65 Å². The number of benzene rings is 1. The van der Waals surface area contributed by atoms with Crippen molar-refractivity contribution in [1.29, 1.82) is 0 Å². The molecule has 0 N–H and O–H groups in total. The van der Waals surface area contributed by atoms with Gasteiger partial charge in [0.1, 0.15) is 12.6 Å². The number of nitrogens with zero attached hydrogens (tertiary/aromatic N) is 4. The number of hydrogen-bond acceptors (Lipinski definition) is 5. The van der Waals surface area contributed by atoms with Gasteiger partial charge < -0.3 is 9.64 Å². The molecule has 0 saturated carbocycles. The summed E-state index contributed by atoms with van der Waals surface area (Å²) in [6.45, 7) is 3.26. The van der Waals surface area contributed by atoms with Gasteiger partial charge in [0.2, 0.25) is 5.91 Å². The Hall–Kier alpha value is -3.36. The highest BCUT2D eigenvalue weighted by Crippen LogP contribution is 2.30. The molecule has 7 nitrogen and oxygen atoms in total. The SMILES string of the molecule is COC(=O)C1Cc2ccccc2CN1C(=O)Cn1nc(C)c2c(C(F)F)cc(C)nc21. The van der Waals surface area contributed by atoms with Crippen LogP contribution in [0.1, 0.15) is 34.5 Å². The third-order valence-corrected chi connectivity index (χ3v) is 5.60. The first-order chi connectivity index (χ1) is 14.8. The fourth-order valence-electron chi connectivity index (χ4n) is 4.15. The van der Waals surface area contributed by atoms with Crippen molar-refractivity contribution in [2.75, 3.05) is 7.11 Å². The lowest BCUT2D eigenvalue weighted by Gasteiger charge is -2.35. The van der Waals surface area contributed by atoms with Crippen molar-refractivity contribution in [2.24, 2.45) is 0 Å². The summed E-state index contributed by atoms with van der Waals surface area (Å²) in [7, 11) is 1.29. The van der Waals surface area contributed by atoms with Crippen molar-refractivity contribution < 1.29 is 23.1 Å². The normalized spacial score (nSPS) is 15.9. The summed E-state index contributed by atoms with van der Waals surface area (Å²) < 4.78 is 33.3. The van der Waals surface area contributed by atoms with Crippen molar-refractivity contribution in [3.63, 3.8) is 0 Å². The Bertz CT molecular complexity index is 1180. The largest absolute Gasteiger partial charge is 0.467 e. The molecule has 9 heteroatoms. The molecule has 4 rings (SSSR count). The highest BCUT2D eigenvalue weighted by molar-refractivity contribution is 5.87. The van der Waals surface area contributed by atoms with Crippen molar-refractivity contribution in [3.05, 3.63) is 58.4 Å². The van der Waals surface area contributed by atoms with Crippen LogP contribution in [0.15, 0.2) is 30.3 Å². The van der Waals surface area contributed by atoms with Gasteiger partial charge in [0.25, 0.3) is 6.43 Å². The number of fused-ring (bicyclic) bond motifs is 2. The summed E-state index contributed by atoms with van der Waals surface area (Å²) in [5, 5.41) is 4.55. The van der Waals surface area contributed by atoms with Crippen LogP contribution in [0.4, 0.5) is 8.78 Å². The molecule has 2 aromatic heterocycles. The van der Waals surface area contributed by atoms with Crippen LogP contribution in [-0.2, 0) is 33.8 Å². The third kappa shape index (κ3) is 3.75. The number of esters is 1. The average Bonchev–Trinajstić information content (AvgIpc) is 3.06. The molecule has 1 aliphatic rings. The summed E-state index contributed by atoms with van der Waals surface area (Å²) >= 11 is 0. The second kappa shape index (κ2) is 8.05. The van der Waals surface area contributed by atoms with Crippen LogP contribution in [0.3, 0.4) is 0 Å². The van der Waals surface area contributed by atoms with E-state index in [9.17, 15) is 18.4 Å². The van der Waals surface area contributed by atoms with Crippen molar-refractivity contribution >= 4 is 22.9 Å². The predicted molar refractivity (Wildman–Crippen MR) is 108 cm³/mol. The van der Waals surface area contributed by atoms with E-state index in [1.165, 1.54) is 22.8 Å². The summed E-state index contributed by atoms with van der Waals surface area (Å²) in [6.07, 6.45) is -2.33. The smallest absolute Gasteiger partial charge is 0.328 e. The van der Waals surface area contributed by atoms with E-state index in [2.05, 4.69) is 10.1 Å². The van der Waals surface area contributed by atoms with Crippen LogP contribution in [0.2, 0.25) is 0 Å². The second-order valence-corrected chi connectivity index (χ2v) is 7.63. The average molecular weight is 428 g/mol. The number of alkyl halides is 2. The van der Waals surface area contributed by atoms with Crippen LogP contribution in [-0.4, -0.2) is 44.7 Å². The number of carbonyl (C=O) groups is 2. The number of carbonyl (C=O) groups excluding carboxylic acids is 2. The molecular formula is C22H22F2N4O3. The number of aromatic nitrogens is 3. The molecule has 1 aliphatic heterocycles. The quantitative estimate of drug-likeness (QED) is 0.597. The van der Waals surface area contributed by atoms with Gasteiger partial charge in [-0.15, -0.1) is 0 Å². The van der Waals surface area contributed by atoms with E-state index >= 15 is 0 Å². The summed E-state index contributed by atoms with van der Waals surface area (Å²) in [6, 6.07) is 8.18. The number of methoxy groups -OCH3 is 1. The van der Waals surface area contributed by atoms with Crippen LogP contribution in [0, 0.1) is 13.8 Å². The highest BCUT2D eigenvalue weighted by Gasteiger charge is 2.35. The van der Waals surface area contributed by atoms with Crippen molar-refractivity contribution in [2.45, 2.75) is 45.8 Å². The number of halogens is 2. The molecule has 0 spiro atoms. The standard InChI is InChI=1S/C22H22F2N4O3/c1-12-8-16(20(23)24)19-13(2)26-28(21(19)25-12)11-18(29)27-10-15-7-5-4-6-14(15)9-17(27)22(30)31-3/h4-8,17,20H,9-11H2,1-3H3. The minimum atomic E-state index is -2.68. The molecule has 1 aromatic carbocycles. The molecule has 1 unspecified atom stereocenters. The zero-order valence-corrected chi connectivity index (χ0v) is 17.4. The molecule has 0 radical (unpaired) electrons. The van der Waals surface area contributed by atoms with Gasteiger partial charge in [-0.05, 0) is 31.0 Å². The van der Waals surface area contributed by atoms with Gasteiger partial charge in [0.05, 0.1) is 18.2 Å². The number of hydrogen-bond donors (Lipinski definition) is 0. The molecule has 0 bridgehead atoms. The van der Waals surface area contributed by atoms with E-state index in [1.54, 1.807) is 13.8 Å². The number of rotatable bonds is 4. The van der Waals surface area contributed by atoms with E-state index in [1.807, 2.05) is 24.3 Å². The van der Waals surface area contributed by atoms with Crippen LogP contribution >= 0.6 is 0 Å². The maximum absolute atomic E-state index is 13.5. The zero-order chi connectivity index (χ0) is 22.3. The molecule has 0 aliphatic carbocycles. The van der Waals surface area contributed by atoms with E-state index in [-0.39, 0.29) is 35.6 Å². The molecule has 162 valence electrons. The Balaban J connectivity index is 1.70. The monoisotopic (exact) mass is 428 g/mol. The maximum Gasteiger partial charge on any atom is 0.328 e. The third-order valence-electron chi connectivity index (χ3n) is 5.60. The molecule has 1 atom stereocenters. The van der Waals surface area contributed by atoms with Crippen LogP contribution < -0.4 is 0 Å². The molecule has 31 heavy (non-hydrogen) atoms. The first-order valence-corrected chi connectivity index (χ1v) is 9.87. The van der Waals surface area contributed by atoms with Gasteiger partial charge in [-0.2, -0.15) is 5.10 Å². The highest BCUT2D eigenvalue weighted by atomic mass is 19.3. The number of ether oxygens (including phenoxy) is 1. The zero-order valence-electron chi connectivity index (χ0n) is 17.4. The van der Waals surface area contributed by atoms with E-state index in [0.717, 1.165) is 11.1 Å². The Morgan fingerprint density at radius 3 is 2.61 bits per heavy atom. The molecule has 1 amide bonds. The topological polar surface area (TPSA) is 77.3 Å². The molecular weight excluding hydrogens is 406 g/mol. The number of pyridine rings is 1. The number of aryl methyl sites for hydroxylation is 2. The van der Waals surface area contributed by atoms with Crippen molar-refractivity contribution in [1.82, 2.24) is 19.7 Å². The Labute approximate surface area is 177 Å².